The van der Waals surface area contributed by atoms with E-state index < -0.39 is 0 Å². The topological polar surface area (TPSA) is 21.3 Å². The molecule has 1 aliphatic carbocycles. The number of nitrogens with one attached hydrogen (secondary N) is 1. The molecule has 0 saturated carbocycles. The molecule has 0 radical (unpaired) electrons. The molecule has 0 atom stereocenters. The summed E-state index contributed by atoms with van der Waals surface area (Å²) in [6, 6.07) is 7.18. The van der Waals surface area contributed by atoms with E-state index in [9.17, 15) is 0 Å². The van der Waals surface area contributed by atoms with E-state index in [1.54, 1.807) is 0 Å². The molecular formula is C16H25NO. The lowest BCUT2D eigenvalue weighted by molar-refractivity contribution is 0.305. The number of ether oxygens (including phenoxy) is 1. The third-order valence-electron chi connectivity index (χ3n) is 3.46. The van der Waals surface area contributed by atoms with Crippen LogP contribution in [0.3, 0.4) is 0 Å². The molecule has 0 heterocycles. The Kier molecular flexibility index (Phi) is 5.06. The van der Waals surface area contributed by atoms with E-state index in [1.165, 1.54) is 36.8 Å². The van der Waals surface area contributed by atoms with E-state index in [0.717, 1.165) is 25.3 Å². The van der Waals surface area contributed by atoms with Crippen molar-refractivity contribution < 1.29 is 4.74 Å². The number of aryl methyl sites for hydroxylation is 2. The van der Waals surface area contributed by atoms with Crippen LogP contribution in [0.25, 0.3) is 0 Å². The number of rotatable bonds is 6. The second kappa shape index (κ2) is 6.79. The number of benzene rings is 1. The lowest BCUT2D eigenvalue weighted by atomic mass is 9.92. The summed E-state index contributed by atoms with van der Waals surface area (Å²) >= 11 is 0. The second-order valence-electron chi connectivity index (χ2n) is 5.45. The van der Waals surface area contributed by atoms with Gasteiger partial charge in [0.25, 0.3) is 0 Å². The van der Waals surface area contributed by atoms with Crippen molar-refractivity contribution in [2.24, 2.45) is 0 Å². The average Bonchev–Trinajstić information content (AvgIpc) is 2.38. The summed E-state index contributed by atoms with van der Waals surface area (Å²) in [5.41, 5.74) is 3.02. The van der Waals surface area contributed by atoms with Gasteiger partial charge in [0.05, 0.1) is 6.61 Å². The molecule has 0 fully saturated rings. The zero-order valence-corrected chi connectivity index (χ0v) is 11.7. The lowest BCUT2D eigenvalue weighted by Crippen LogP contribution is -2.24. The summed E-state index contributed by atoms with van der Waals surface area (Å²) in [6.45, 7) is 6.18. The molecule has 0 aliphatic heterocycles. The molecule has 1 aliphatic rings. The van der Waals surface area contributed by atoms with E-state index in [0.29, 0.717) is 6.04 Å². The molecule has 0 saturated heterocycles. The molecule has 0 unspecified atom stereocenters. The van der Waals surface area contributed by atoms with Crippen molar-refractivity contribution in [2.45, 2.75) is 52.0 Å². The van der Waals surface area contributed by atoms with E-state index >= 15 is 0 Å². The molecule has 2 nitrogen and oxygen atoms in total. The van der Waals surface area contributed by atoms with Crippen molar-refractivity contribution in [3.63, 3.8) is 0 Å². The van der Waals surface area contributed by atoms with Crippen molar-refractivity contribution in [3.8, 4) is 5.75 Å². The Morgan fingerprint density at radius 2 is 1.94 bits per heavy atom. The molecule has 2 rings (SSSR count). The van der Waals surface area contributed by atoms with Gasteiger partial charge in [-0.3, -0.25) is 0 Å². The highest BCUT2D eigenvalue weighted by Gasteiger charge is 2.09. The van der Waals surface area contributed by atoms with Gasteiger partial charge in [-0.2, -0.15) is 0 Å². The normalized spacial score (nSPS) is 14.6. The van der Waals surface area contributed by atoms with Crippen LogP contribution in [0.1, 0.15) is 44.2 Å². The zero-order chi connectivity index (χ0) is 12.8. The number of fused-ring (bicyclic) bond motifs is 1. The molecule has 1 N–H and O–H groups in total. The Morgan fingerprint density at radius 1 is 1.17 bits per heavy atom. The maximum absolute atomic E-state index is 5.81. The van der Waals surface area contributed by atoms with E-state index in [-0.39, 0.29) is 0 Å². The van der Waals surface area contributed by atoms with Crippen LogP contribution in [0.5, 0.6) is 5.75 Å². The Bertz CT molecular complexity index is 373. The van der Waals surface area contributed by atoms with Crippen LogP contribution >= 0.6 is 0 Å². The van der Waals surface area contributed by atoms with Crippen molar-refractivity contribution >= 4 is 0 Å². The van der Waals surface area contributed by atoms with Gasteiger partial charge >= 0.3 is 0 Å². The summed E-state index contributed by atoms with van der Waals surface area (Å²) < 4.78 is 5.81. The molecule has 2 heteroatoms. The predicted octanol–water partition coefficient (Wildman–Crippen LogP) is 3.33. The van der Waals surface area contributed by atoms with Gasteiger partial charge in [0, 0.05) is 6.04 Å². The quantitative estimate of drug-likeness (QED) is 0.779. The number of hydrogen-bond acceptors (Lipinski definition) is 2. The fraction of sp³-hybridized carbons (Fsp3) is 0.625. The molecule has 0 amide bonds. The fourth-order valence-corrected chi connectivity index (χ4v) is 2.45. The summed E-state index contributed by atoms with van der Waals surface area (Å²) in [7, 11) is 0. The van der Waals surface area contributed by atoms with E-state index in [1.807, 2.05) is 0 Å². The van der Waals surface area contributed by atoms with Crippen molar-refractivity contribution in [3.05, 3.63) is 29.3 Å². The molecule has 18 heavy (non-hydrogen) atoms. The SMILES string of the molecule is CC(C)NCCCOc1ccc2c(c1)CCCC2. The second-order valence-corrected chi connectivity index (χ2v) is 5.45. The van der Waals surface area contributed by atoms with Gasteiger partial charge in [-0.1, -0.05) is 19.9 Å². The van der Waals surface area contributed by atoms with E-state index in [2.05, 4.69) is 37.4 Å². The van der Waals surface area contributed by atoms with Gasteiger partial charge in [-0.05, 0) is 61.9 Å². The third kappa shape index (κ3) is 4.02. The molecule has 100 valence electrons. The molecule has 1 aromatic carbocycles. The standard InChI is InChI=1S/C16H25NO/c1-13(2)17-10-5-11-18-16-9-8-14-6-3-4-7-15(14)12-16/h8-9,12-13,17H,3-7,10-11H2,1-2H3. The smallest absolute Gasteiger partial charge is 0.119 e. The maximum Gasteiger partial charge on any atom is 0.119 e. The van der Waals surface area contributed by atoms with Gasteiger partial charge in [-0.25, -0.2) is 0 Å². The summed E-state index contributed by atoms with van der Waals surface area (Å²) in [4.78, 5) is 0. The third-order valence-corrected chi connectivity index (χ3v) is 3.46. The molecule has 1 aromatic rings. The fourth-order valence-electron chi connectivity index (χ4n) is 2.45. The van der Waals surface area contributed by atoms with Gasteiger partial charge < -0.3 is 10.1 Å². The van der Waals surface area contributed by atoms with Crippen LogP contribution in [0.15, 0.2) is 18.2 Å². The van der Waals surface area contributed by atoms with Crippen molar-refractivity contribution in [2.75, 3.05) is 13.2 Å². The minimum absolute atomic E-state index is 0.564. The Labute approximate surface area is 111 Å². The molecular weight excluding hydrogens is 222 g/mol. The highest BCUT2D eigenvalue weighted by Crippen LogP contribution is 2.25. The van der Waals surface area contributed by atoms with Crippen LogP contribution in [-0.2, 0) is 12.8 Å². The minimum Gasteiger partial charge on any atom is -0.494 e. The maximum atomic E-state index is 5.81. The van der Waals surface area contributed by atoms with Crippen LogP contribution < -0.4 is 10.1 Å². The largest absolute Gasteiger partial charge is 0.494 e. The summed E-state index contributed by atoms with van der Waals surface area (Å²) in [6.07, 6.45) is 6.20. The van der Waals surface area contributed by atoms with Crippen LogP contribution in [0.4, 0.5) is 0 Å². The van der Waals surface area contributed by atoms with E-state index in [4.69, 9.17) is 4.74 Å². The van der Waals surface area contributed by atoms with Gasteiger partial charge in [0.15, 0.2) is 0 Å². The Hall–Kier alpha value is -1.02. The van der Waals surface area contributed by atoms with Crippen molar-refractivity contribution in [1.29, 1.82) is 0 Å². The van der Waals surface area contributed by atoms with Crippen LogP contribution in [-0.4, -0.2) is 19.2 Å². The average molecular weight is 247 g/mol. The minimum atomic E-state index is 0.564. The molecule has 0 aromatic heterocycles. The van der Waals surface area contributed by atoms with Crippen LogP contribution in [0.2, 0.25) is 0 Å². The monoisotopic (exact) mass is 247 g/mol. The number of hydrogen-bond donors (Lipinski definition) is 1. The first kappa shape index (κ1) is 13.4. The predicted molar refractivity (Wildman–Crippen MR) is 76.3 cm³/mol. The first-order chi connectivity index (χ1) is 8.75. The Morgan fingerprint density at radius 3 is 2.72 bits per heavy atom. The zero-order valence-electron chi connectivity index (χ0n) is 11.7. The van der Waals surface area contributed by atoms with Crippen LogP contribution in [0, 0.1) is 0 Å². The van der Waals surface area contributed by atoms with Crippen molar-refractivity contribution in [1.82, 2.24) is 5.32 Å². The van der Waals surface area contributed by atoms with Gasteiger partial charge in [0.2, 0.25) is 0 Å². The lowest BCUT2D eigenvalue weighted by Gasteiger charge is -2.17. The van der Waals surface area contributed by atoms with Gasteiger partial charge in [0.1, 0.15) is 5.75 Å². The first-order valence-corrected chi connectivity index (χ1v) is 7.23. The van der Waals surface area contributed by atoms with Gasteiger partial charge in [-0.15, -0.1) is 0 Å². The first-order valence-electron chi connectivity index (χ1n) is 7.23. The summed E-state index contributed by atoms with van der Waals surface area (Å²) in [5.74, 6) is 1.04. The highest BCUT2D eigenvalue weighted by atomic mass is 16.5. The highest BCUT2D eigenvalue weighted by molar-refractivity contribution is 5.37. The molecule has 0 spiro atoms. The Balaban J connectivity index is 1.76. The molecule has 0 bridgehead atoms. The summed E-state index contributed by atoms with van der Waals surface area (Å²) in [5, 5.41) is 3.40.